The molecule has 24 heavy (non-hydrogen) atoms. The number of sulfonamides is 1. The number of ether oxygens (including phenoxy) is 2. The minimum Gasteiger partial charge on any atom is -0.497 e. The highest BCUT2D eigenvalue weighted by Gasteiger charge is 2.22. The van der Waals surface area contributed by atoms with E-state index in [0.717, 1.165) is 26.1 Å². The lowest BCUT2D eigenvalue weighted by Gasteiger charge is -2.35. The first-order valence-corrected chi connectivity index (χ1v) is 9.82. The summed E-state index contributed by atoms with van der Waals surface area (Å²) in [5.41, 5.74) is 0.678. The molecular weight excluding hydrogens is 328 g/mol. The monoisotopic (exact) mass is 356 g/mol. The maximum Gasteiger partial charge on any atom is 0.240 e. The third-order valence-corrected chi connectivity index (χ3v) is 5.73. The van der Waals surface area contributed by atoms with Gasteiger partial charge in [0.2, 0.25) is 10.0 Å². The molecule has 0 spiro atoms. The van der Waals surface area contributed by atoms with Crippen molar-refractivity contribution >= 4 is 10.0 Å². The van der Waals surface area contributed by atoms with Crippen molar-refractivity contribution in [1.82, 2.24) is 9.62 Å². The lowest BCUT2D eigenvalue weighted by molar-refractivity contribution is -0.0679. The Morgan fingerprint density at radius 2 is 1.96 bits per heavy atom. The summed E-state index contributed by atoms with van der Waals surface area (Å²) in [6, 6.07) is 4.98. The van der Waals surface area contributed by atoms with E-state index in [2.05, 4.69) is 23.5 Å². The van der Waals surface area contributed by atoms with E-state index in [1.165, 1.54) is 0 Å². The third kappa shape index (κ3) is 5.17. The van der Waals surface area contributed by atoms with E-state index < -0.39 is 10.0 Å². The first-order chi connectivity index (χ1) is 11.3. The third-order valence-electron chi connectivity index (χ3n) is 4.11. The SMILES string of the molecule is COc1ccc(S(=O)(=O)NCCCN2C[C@@H](C)O[C@H](C)C2)c(C)c1. The summed E-state index contributed by atoms with van der Waals surface area (Å²) in [5.74, 6) is 0.655. The molecule has 2 rings (SSSR count). The van der Waals surface area contributed by atoms with Crippen LogP contribution < -0.4 is 9.46 Å². The fourth-order valence-corrected chi connectivity index (χ4v) is 4.40. The number of hydrogen-bond acceptors (Lipinski definition) is 5. The predicted octanol–water partition coefficient (Wildman–Crippen LogP) is 1.78. The standard InChI is InChI=1S/C17H28N2O4S/c1-13-10-16(22-4)6-7-17(13)24(20,21)18-8-5-9-19-11-14(2)23-15(3)12-19/h6-7,10,14-15,18H,5,8-9,11-12H2,1-4H3/t14-,15-/m1/s1. The van der Waals surface area contributed by atoms with Crippen molar-refractivity contribution in [3.63, 3.8) is 0 Å². The number of rotatable bonds is 7. The van der Waals surface area contributed by atoms with Crippen LogP contribution in [0.5, 0.6) is 5.75 Å². The zero-order valence-electron chi connectivity index (χ0n) is 14.9. The van der Waals surface area contributed by atoms with Gasteiger partial charge in [-0.05, 0) is 57.5 Å². The second-order valence-electron chi connectivity index (χ2n) is 6.40. The van der Waals surface area contributed by atoms with Gasteiger partial charge in [0.05, 0.1) is 24.2 Å². The molecule has 1 heterocycles. The summed E-state index contributed by atoms with van der Waals surface area (Å²) < 4.78 is 38.4. The van der Waals surface area contributed by atoms with E-state index in [1.54, 1.807) is 32.2 Å². The molecule has 0 radical (unpaired) electrons. The van der Waals surface area contributed by atoms with Gasteiger partial charge in [0.25, 0.3) is 0 Å². The first kappa shape index (κ1) is 19.2. The van der Waals surface area contributed by atoms with E-state index in [-0.39, 0.29) is 12.2 Å². The Morgan fingerprint density at radius 3 is 2.54 bits per heavy atom. The molecule has 1 aliphatic rings. The lowest BCUT2D eigenvalue weighted by atomic mass is 10.2. The molecule has 0 amide bonds. The maximum atomic E-state index is 12.4. The van der Waals surface area contributed by atoms with Gasteiger partial charge in [-0.1, -0.05) is 0 Å². The smallest absolute Gasteiger partial charge is 0.240 e. The van der Waals surface area contributed by atoms with Gasteiger partial charge >= 0.3 is 0 Å². The molecule has 1 aliphatic heterocycles. The van der Waals surface area contributed by atoms with Gasteiger partial charge in [-0.3, -0.25) is 4.90 Å². The van der Waals surface area contributed by atoms with Crippen molar-refractivity contribution in [2.24, 2.45) is 0 Å². The van der Waals surface area contributed by atoms with Crippen molar-refractivity contribution in [2.75, 3.05) is 33.3 Å². The van der Waals surface area contributed by atoms with Crippen molar-refractivity contribution < 1.29 is 17.9 Å². The molecule has 0 aliphatic carbocycles. The minimum absolute atomic E-state index is 0.229. The van der Waals surface area contributed by atoms with Crippen LogP contribution in [-0.2, 0) is 14.8 Å². The van der Waals surface area contributed by atoms with Gasteiger partial charge in [-0.2, -0.15) is 0 Å². The minimum atomic E-state index is -3.49. The van der Waals surface area contributed by atoms with Gasteiger partial charge in [0, 0.05) is 19.6 Å². The fraction of sp³-hybridized carbons (Fsp3) is 0.647. The van der Waals surface area contributed by atoms with E-state index in [1.807, 2.05) is 0 Å². The summed E-state index contributed by atoms with van der Waals surface area (Å²) in [6.07, 6.45) is 1.23. The summed E-state index contributed by atoms with van der Waals surface area (Å²) in [7, 11) is -1.93. The molecule has 1 aromatic carbocycles. The maximum absolute atomic E-state index is 12.4. The number of benzene rings is 1. The van der Waals surface area contributed by atoms with Gasteiger partial charge in [0.1, 0.15) is 5.75 Å². The molecule has 1 N–H and O–H groups in total. The number of aryl methyl sites for hydroxylation is 1. The number of morpholine rings is 1. The van der Waals surface area contributed by atoms with E-state index >= 15 is 0 Å². The van der Waals surface area contributed by atoms with Crippen molar-refractivity contribution in [1.29, 1.82) is 0 Å². The Labute approximate surface area is 145 Å². The van der Waals surface area contributed by atoms with Crippen LogP contribution in [0.1, 0.15) is 25.8 Å². The lowest BCUT2D eigenvalue weighted by Crippen LogP contribution is -2.46. The molecule has 0 unspecified atom stereocenters. The van der Waals surface area contributed by atoms with Crippen molar-refractivity contribution in [3.05, 3.63) is 23.8 Å². The molecule has 0 saturated carbocycles. The second-order valence-corrected chi connectivity index (χ2v) is 8.14. The Morgan fingerprint density at radius 1 is 1.29 bits per heavy atom. The van der Waals surface area contributed by atoms with Gasteiger partial charge in [0.15, 0.2) is 0 Å². The molecule has 7 heteroatoms. The normalized spacial score (nSPS) is 22.5. The van der Waals surface area contributed by atoms with E-state index in [4.69, 9.17) is 9.47 Å². The summed E-state index contributed by atoms with van der Waals surface area (Å²) in [5, 5.41) is 0. The average Bonchev–Trinajstić information content (AvgIpc) is 2.50. The van der Waals surface area contributed by atoms with Gasteiger partial charge < -0.3 is 9.47 Å². The van der Waals surface area contributed by atoms with E-state index in [9.17, 15) is 8.42 Å². The van der Waals surface area contributed by atoms with E-state index in [0.29, 0.717) is 22.8 Å². The number of methoxy groups -OCH3 is 1. The van der Waals surface area contributed by atoms with Crippen LogP contribution in [0, 0.1) is 6.92 Å². The van der Waals surface area contributed by atoms with Gasteiger partial charge in [-0.15, -0.1) is 0 Å². The van der Waals surface area contributed by atoms with Crippen LogP contribution in [0.3, 0.4) is 0 Å². The molecule has 0 bridgehead atoms. The summed E-state index contributed by atoms with van der Waals surface area (Å²) in [6.45, 7) is 8.99. The summed E-state index contributed by atoms with van der Waals surface area (Å²) in [4.78, 5) is 2.63. The highest BCUT2D eigenvalue weighted by Crippen LogP contribution is 2.20. The van der Waals surface area contributed by atoms with Crippen molar-refractivity contribution in [3.8, 4) is 5.75 Å². The molecule has 136 valence electrons. The highest BCUT2D eigenvalue weighted by atomic mass is 32.2. The van der Waals surface area contributed by atoms with Crippen LogP contribution >= 0.6 is 0 Å². The Balaban J connectivity index is 1.85. The Bertz CT molecular complexity index is 638. The zero-order chi connectivity index (χ0) is 17.7. The van der Waals surface area contributed by atoms with Crippen LogP contribution in [0.4, 0.5) is 0 Å². The number of nitrogens with one attached hydrogen (secondary N) is 1. The predicted molar refractivity (Wildman–Crippen MR) is 94.0 cm³/mol. The highest BCUT2D eigenvalue weighted by molar-refractivity contribution is 7.89. The molecule has 1 saturated heterocycles. The number of nitrogens with zero attached hydrogens (tertiary/aromatic N) is 1. The van der Waals surface area contributed by atoms with Gasteiger partial charge in [-0.25, -0.2) is 13.1 Å². The molecular formula is C17H28N2O4S. The first-order valence-electron chi connectivity index (χ1n) is 8.34. The molecule has 0 aromatic heterocycles. The van der Waals surface area contributed by atoms with Crippen molar-refractivity contribution in [2.45, 2.75) is 44.3 Å². The molecule has 6 nitrogen and oxygen atoms in total. The fourth-order valence-electron chi connectivity index (χ4n) is 3.10. The quantitative estimate of drug-likeness (QED) is 0.755. The molecule has 2 atom stereocenters. The topological polar surface area (TPSA) is 67.9 Å². The average molecular weight is 356 g/mol. The second kappa shape index (κ2) is 8.29. The van der Waals surface area contributed by atoms with Crippen LogP contribution in [0.2, 0.25) is 0 Å². The zero-order valence-corrected chi connectivity index (χ0v) is 15.7. The number of hydrogen-bond donors (Lipinski definition) is 1. The Hall–Kier alpha value is -1.15. The summed E-state index contributed by atoms with van der Waals surface area (Å²) >= 11 is 0. The molecule has 1 aromatic rings. The van der Waals surface area contributed by atoms with Crippen LogP contribution in [-0.4, -0.2) is 58.8 Å². The van der Waals surface area contributed by atoms with Crippen LogP contribution in [0.25, 0.3) is 0 Å². The largest absolute Gasteiger partial charge is 0.497 e. The molecule has 1 fully saturated rings. The Kier molecular flexibility index (Phi) is 6.62. The van der Waals surface area contributed by atoms with Crippen LogP contribution in [0.15, 0.2) is 23.1 Å².